The fourth-order valence-corrected chi connectivity index (χ4v) is 3.82. The lowest BCUT2D eigenvalue weighted by molar-refractivity contribution is -0.115. The third kappa shape index (κ3) is 2.91. The normalized spacial score (nSPS) is 17.3. The monoisotopic (exact) mass is 365 g/mol. The van der Waals surface area contributed by atoms with Crippen molar-refractivity contribution >= 4 is 22.9 Å². The first kappa shape index (κ1) is 16.2. The fourth-order valence-electron chi connectivity index (χ4n) is 3.82. The third-order valence-electron chi connectivity index (χ3n) is 5.32. The maximum atomic E-state index is 12.4. The minimum absolute atomic E-state index is 0.0424. The molecule has 0 spiro atoms. The summed E-state index contributed by atoms with van der Waals surface area (Å²) in [6.07, 6.45) is 5.71. The maximum absolute atomic E-state index is 12.4. The number of hydrogen-bond acceptors (Lipinski definition) is 5. The molecule has 5 heterocycles. The molecule has 5 rings (SSSR count). The first-order valence-electron chi connectivity index (χ1n) is 9.13. The van der Waals surface area contributed by atoms with Crippen molar-refractivity contribution in [3.05, 3.63) is 40.6 Å². The second kappa shape index (κ2) is 6.31. The van der Waals surface area contributed by atoms with Gasteiger partial charge in [0, 0.05) is 48.8 Å². The van der Waals surface area contributed by atoms with Crippen molar-refractivity contribution in [3.63, 3.8) is 0 Å². The number of hydrogen-bond donors (Lipinski definition) is 2. The first-order valence-corrected chi connectivity index (χ1v) is 9.13. The van der Waals surface area contributed by atoms with E-state index in [0.717, 1.165) is 48.3 Å². The number of anilines is 1. The van der Waals surface area contributed by atoms with E-state index in [1.807, 2.05) is 12.1 Å². The lowest BCUT2D eigenvalue weighted by Crippen LogP contribution is -2.25. The summed E-state index contributed by atoms with van der Waals surface area (Å²) < 4.78 is 7.19. The van der Waals surface area contributed by atoms with Gasteiger partial charge in [0.05, 0.1) is 11.9 Å². The summed E-state index contributed by atoms with van der Waals surface area (Å²) in [7, 11) is 0. The van der Waals surface area contributed by atoms with Crippen molar-refractivity contribution in [1.29, 1.82) is 0 Å². The van der Waals surface area contributed by atoms with E-state index >= 15 is 0 Å². The van der Waals surface area contributed by atoms with Crippen LogP contribution in [-0.4, -0.2) is 38.6 Å². The molecule has 0 aliphatic carbocycles. The largest absolute Gasteiger partial charge is 0.381 e. The minimum atomic E-state index is -0.136. The molecule has 0 atom stereocenters. The quantitative estimate of drug-likeness (QED) is 0.736. The Hall–Kier alpha value is -3.00. The SMILES string of the molecule is O=C1Cc2cc(-c3cnc4[nH]c(=O)n(CC5CCOCC5)c4c3)cnc2N1. The molecule has 3 aromatic heterocycles. The number of pyridine rings is 2. The van der Waals surface area contributed by atoms with Crippen LogP contribution in [0.3, 0.4) is 0 Å². The van der Waals surface area contributed by atoms with Crippen LogP contribution in [0, 0.1) is 5.92 Å². The highest BCUT2D eigenvalue weighted by Crippen LogP contribution is 2.28. The molecule has 0 saturated carbocycles. The fraction of sp³-hybridized carbons (Fsp3) is 0.368. The lowest BCUT2D eigenvalue weighted by atomic mass is 10.0. The van der Waals surface area contributed by atoms with Gasteiger partial charge in [-0.05, 0) is 30.9 Å². The van der Waals surface area contributed by atoms with Crippen molar-refractivity contribution in [1.82, 2.24) is 19.5 Å². The molecule has 2 aliphatic rings. The van der Waals surface area contributed by atoms with Gasteiger partial charge in [0.25, 0.3) is 0 Å². The number of imidazole rings is 1. The molecular formula is C19H19N5O3. The van der Waals surface area contributed by atoms with Gasteiger partial charge in [-0.2, -0.15) is 0 Å². The number of ether oxygens (including phenoxy) is 1. The topological polar surface area (TPSA) is 102 Å². The van der Waals surface area contributed by atoms with Crippen molar-refractivity contribution in [2.24, 2.45) is 5.92 Å². The molecule has 8 heteroatoms. The molecule has 27 heavy (non-hydrogen) atoms. The number of nitrogens with zero attached hydrogens (tertiary/aromatic N) is 3. The van der Waals surface area contributed by atoms with Gasteiger partial charge in [0.1, 0.15) is 5.82 Å². The summed E-state index contributed by atoms with van der Waals surface area (Å²) in [4.78, 5) is 35.6. The molecule has 2 aliphatic heterocycles. The zero-order chi connectivity index (χ0) is 18.4. The van der Waals surface area contributed by atoms with Crippen LogP contribution in [0.25, 0.3) is 22.3 Å². The number of carbonyl (C=O) groups excluding carboxylic acids is 1. The minimum Gasteiger partial charge on any atom is -0.381 e. The molecule has 1 amide bonds. The average molecular weight is 365 g/mol. The van der Waals surface area contributed by atoms with Gasteiger partial charge in [-0.1, -0.05) is 0 Å². The molecule has 0 aromatic carbocycles. The Bertz CT molecular complexity index is 1090. The molecule has 138 valence electrons. The molecule has 0 unspecified atom stereocenters. The van der Waals surface area contributed by atoms with Crippen LogP contribution in [-0.2, 0) is 22.5 Å². The zero-order valence-electron chi connectivity index (χ0n) is 14.7. The van der Waals surface area contributed by atoms with Crippen molar-refractivity contribution in [3.8, 4) is 11.1 Å². The number of fused-ring (bicyclic) bond motifs is 2. The molecule has 1 saturated heterocycles. The highest BCUT2D eigenvalue weighted by Gasteiger charge is 2.20. The number of aromatic nitrogens is 4. The molecular weight excluding hydrogens is 346 g/mol. The van der Waals surface area contributed by atoms with Crippen LogP contribution >= 0.6 is 0 Å². The van der Waals surface area contributed by atoms with Gasteiger partial charge >= 0.3 is 5.69 Å². The number of aromatic amines is 1. The third-order valence-corrected chi connectivity index (χ3v) is 5.32. The first-order chi connectivity index (χ1) is 13.2. The number of nitrogens with one attached hydrogen (secondary N) is 2. The summed E-state index contributed by atoms with van der Waals surface area (Å²) >= 11 is 0. The molecule has 2 N–H and O–H groups in total. The number of carbonyl (C=O) groups is 1. The lowest BCUT2D eigenvalue weighted by Gasteiger charge is -2.22. The second-order valence-corrected chi connectivity index (χ2v) is 7.14. The highest BCUT2D eigenvalue weighted by molar-refractivity contribution is 5.98. The number of amides is 1. The van der Waals surface area contributed by atoms with Gasteiger partial charge in [0.2, 0.25) is 5.91 Å². The van der Waals surface area contributed by atoms with E-state index in [9.17, 15) is 9.59 Å². The molecule has 8 nitrogen and oxygen atoms in total. The van der Waals surface area contributed by atoms with Crippen molar-refractivity contribution in [2.45, 2.75) is 25.8 Å². The second-order valence-electron chi connectivity index (χ2n) is 7.14. The van der Waals surface area contributed by atoms with Crippen LogP contribution < -0.4 is 11.0 Å². The number of H-pyrrole nitrogens is 1. The maximum Gasteiger partial charge on any atom is 0.327 e. The van der Waals surface area contributed by atoms with Gasteiger partial charge in [-0.25, -0.2) is 14.8 Å². The van der Waals surface area contributed by atoms with E-state index < -0.39 is 0 Å². The van der Waals surface area contributed by atoms with E-state index in [4.69, 9.17) is 4.74 Å². The Morgan fingerprint density at radius 2 is 1.89 bits per heavy atom. The van der Waals surface area contributed by atoms with E-state index in [2.05, 4.69) is 20.3 Å². The summed E-state index contributed by atoms with van der Waals surface area (Å²) in [5, 5.41) is 2.74. The molecule has 0 bridgehead atoms. The Morgan fingerprint density at radius 3 is 2.74 bits per heavy atom. The molecule has 0 radical (unpaired) electrons. The molecule has 3 aromatic rings. The summed E-state index contributed by atoms with van der Waals surface area (Å²) in [6, 6.07) is 3.92. The van der Waals surface area contributed by atoms with Gasteiger partial charge in [-0.15, -0.1) is 0 Å². The van der Waals surface area contributed by atoms with Gasteiger partial charge in [0.15, 0.2) is 5.65 Å². The Balaban J connectivity index is 1.53. The van der Waals surface area contributed by atoms with Crippen molar-refractivity contribution in [2.75, 3.05) is 18.5 Å². The predicted molar refractivity (Wildman–Crippen MR) is 99.5 cm³/mol. The molecule has 1 fully saturated rings. The highest BCUT2D eigenvalue weighted by atomic mass is 16.5. The summed E-state index contributed by atoms with van der Waals surface area (Å²) in [5.74, 6) is 1.01. The summed E-state index contributed by atoms with van der Waals surface area (Å²) in [5.41, 5.74) is 3.87. The Morgan fingerprint density at radius 1 is 1.11 bits per heavy atom. The average Bonchev–Trinajstić information content (AvgIpc) is 3.20. The standard InChI is InChI=1S/C19H19N5O3/c25-16-7-12-5-13(8-20-17(12)22-16)14-6-15-18(21-9-14)23-19(26)24(15)10-11-1-3-27-4-2-11/h5-6,8-9,11H,1-4,7,10H2,(H,20,22,25)(H,21,23,26). The Labute approximate surface area is 154 Å². The van der Waals surface area contributed by atoms with E-state index in [-0.39, 0.29) is 11.6 Å². The predicted octanol–water partition coefficient (Wildman–Crippen LogP) is 1.71. The van der Waals surface area contributed by atoms with Crippen LogP contribution in [0.15, 0.2) is 29.3 Å². The van der Waals surface area contributed by atoms with Crippen LogP contribution in [0.4, 0.5) is 5.82 Å². The van der Waals surface area contributed by atoms with E-state index in [1.54, 1.807) is 17.0 Å². The van der Waals surface area contributed by atoms with Gasteiger partial charge < -0.3 is 10.1 Å². The van der Waals surface area contributed by atoms with Crippen LogP contribution in [0.2, 0.25) is 0 Å². The smallest absolute Gasteiger partial charge is 0.327 e. The Kier molecular flexibility index (Phi) is 3.78. The number of rotatable bonds is 3. The van der Waals surface area contributed by atoms with Crippen LogP contribution in [0.5, 0.6) is 0 Å². The van der Waals surface area contributed by atoms with E-state index in [0.29, 0.717) is 30.3 Å². The zero-order valence-corrected chi connectivity index (χ0v) is 14.7. The van der Waals surface area contributed by atoms with Gasteiger partial charge in [-0.3, -0.25) is 14.3 Å². The summed E-state index contributed by atoms with van der Waals surface area (Å²) in [6.45, 7) is 2.16. The van der Waals surface area contributed by atoms with Crippen molar-refractivity contribution < 1.29 is 9.53 Å². The van der Waals surface area contributed by atoms with E-state index in [1.165, 1.54) is 0 Å². The van der Waals surface area contributed by atoms with Crippen LogP contribution in [0.1, 0.15) is 18.4 Å².